The highest BCUT2D eigenvalue weighted by molar-refractivity contribution is 5.80. The van der Waals surface area contributed by atoms with E-state index in [1.165, 1.54) is 5.56 Å². The van der Waals surface area contributed by atoms with Crippen molar-refractivity contribution in [2.75, 3.05) is 13.1 Å². The second-order valence-corrected chi connectivity index (χ2v) is 5.26. The molecule has 0 radical (unpaired) electrons. The first kappa shape index (κ1) is 16.1. The van der Waals surface area contributed by atoms with Gasteiger partial charge in [-0.05, 0) is 31.0 Å². The van der Waals surface area contributed by atoms with Gasteiger partial charge in [-0.15, -0.1) is 0 Å². The van der Waals surface area contributed by atoms with Crippen LogP contribution in [-0.4, -0.2) is 19.0 Å². The molecule has 118 valence electrons. The number of hydrogen-bond acceptors (Lipinski definition) is 2. The van der Waals surface area contributed by atoms with E-state index in [2.05, 4.69) is 53.7 Å². The van der Waals surface area contributed by atoms with Gasteiger partial charge < -0.3 is 15.1 Å². The summed E-state index contributed by atoms with van der Waals surface area (Å²) in [5.74, 6) is 1.84. The maximum atomic E-state index is 5.35. The zero-order chi connectivity index (χ0) is 15.6. The maximum Gasteiger partial charge on any atom is 0.191 e. The largest absolute Gasteiger partial charge is 0.469 e. The zero-order valence-corrected chi connectivity index (χ0v) is 13.4. The average molecular weight is 299 g/mol. The van der Waals surface area contributed by atoms with Crippen LogP contribution in [0, 0.1) is 0 Å². The summed E-state index contributed by atoms with van der Waals surface area (Å²) >= 11 is 0. The molecule has 2 rings (SSSR count). The second kappa shape index (κ2) is 8.93. The van der Waals surface area contributed by atoms with Crippen molar-refractivity contribution in [1.29, 1.82) is 0 Å². The highest BCUT2D eigenvalue weighted by Gasteiger charge is 2.07. The first-order valence-corrected chi connectivity index (χ1v) is 7.91. The molecular formula is C18H25N3O. The molecular weight excluding hydrogens is 274 g/mol. The van der Waals surface area contributed by atoms with Crippen molar-refractivity contribution in [3.63, 3.8) is 0 Å². The summed E-state index contributed by atoms with van der Waals surface area (Å²) < 4.78 is 5.35. The van der Waals surface area contributed by atoms with E-state index in [4.69, 9.17) is 4.42 Å². The van der Waals surface area contributed by atoms with Crippen molar-refractivity contribution in [3.8, 4) is 0 Å². The second-order valence-electron chi connectivity index (χ2n) is 5.26. The summed E-state index contributed by atoms with van der Waals surface area (Å²) in [6, 6.07) is 14.5. The van der Waals surface area contributed by atoms with Crippen LogP contribution in [-0.2, 0) is 6.42 Å². The van der Waals surface area contributed by atoms with Crippen molar-refractivity contribution in [2.45, 2.75) is 32.7 Å². The van der Waals surface area contributed by atoms with Gasteiger partial charge in [0.2, 0.25) is 0 Å². The Balaban J connectivity index is 1.88. The lowest BCUT2D eigenvalue weighted by atomic mass is 10.1. The SMILES string of the molecule is CCCN=C(NCCc1ccco1)NC(C)c1ccccc1. The Morgan fingerprint density at radius 3 is 2.68 bits per heavy atom. The molecule has 0 amide bonds. The normalized spacial score (nSPS) is 12.9. The molecule has 2 aromatic rings. The van der Waals surface area contributed by atoms with Gasteiger partial charge >= 0.3 is 0 Å². The lowest BCUT2D eigenvalue weighted by Crippen LogP contribution is -2.39. The van der Waals surface area contributed by atoms with E-state index in [0.29, 0.717) is 0 Å². The highest BCUT2D eigenvalue weighted by atomic mass is 16.3. The van der Waals surface area contributed by atoms with Crippen molar-refractivity contribution >= 4 is 5.96 Å². The van der Waals surface area contributed by atoms with Crippen LogP contribution >= 0.6 is 0 Å². The fourth-order valence-electron chi connectivity index (χ4n) is 2.17. The summed E-state index contributed by atoms with van der Waals surface area (Å²) in [6.07, 6.45) is 3.58. The first-order chi connectivity index (χ1) is 10.8. The quantitative estimate of drug-likeness (QED) is 0.607. The topological polar surface area (TPSA) is 49.6 Å². The van der Waals surface area contributed by atoms with E-state index in [0.717, 1.165) is 37.7 Å². The minimum atomic E-state index is 0.216. The van der Waals surface area contributed by atoms with E-state index < -0.39 is 0 Å². The molecule has 1 aromatic heterocycles. The minimum Gasteiger partial charge on any atom is -0.469 e. The number of nitrogens with one attached hydrogen (secondary N) is 2. The van der Waals surface area contributed by atoms with Gasteiger partial charge in [0.15, 0.2) is 5.96 Å². The summed E-state index contributed by atoms with van der Waals surface area (Å²) in [6.45, 7) is 5.89. The van der Waals surface area contributed by atoms with Crippen LogP contribution in [0.2, 0.25) is 0 Å². The molecule has 4 heteroatoms. The van der Waals surface area contributed by atoms with E-state index in [9.17, 15) is 0 Å². The van der Waals surface area contributed by atoms with E-state index in [-0.39, 0.29) is 6.04 Å². The monoisotopic (exact) mass is 299 g/mol. The molecule has 1 aromatic carbocycles. The van der Waals surface area contributed by atoms with Gasteiger partial charge in [-0.3, -0.25) is 4.99 Å². The van der Waals surface area contributed by atoms with Crippen LogP contribution in [0.5, 0.6) is 0 Å². The Hall–Kier alpha value is -2.23. The lowest BCUT2D eigenvalue weighted by molar-refractivity contribution is 0.506. The molecule has 0 bridgehead atoms. The fourth-order valence-corrected chi connectivity index (χ4v) is 2.17. The van der Waals surface area contributed by atoms with Gasteiger partial charge in [0.05, 0.1) is 12.3 Å². The number of guanidine groups is 1. The summed E-state index contributed by atoms with van der Waals surface area (Å²) in [7, 11) is 0. The number of hydrogen-bond donors (Lipinski definition) is 2. The van der Waals surface area contributed by atoms with E-state index in [1.54, 1.807) is 6.26 Å². The summed E-state index contributed by atoms with van der Waals surface area (Å²) in [5, 5.41) is 6.83. The van der Waals surface area contributed by atoms with Gasteiger partial charge in [0.1, 0.15) is 5.76 Å². The van der Waals surface area contributed by atoms with Crippen molar-refractivity contribution in [2.24, 2.45) is 4.99 Å². The number of nitrogens with zero attached hydrogens (tertiary/aromatic N) is 1. The molecule has 0 fully saturated rings. The Labute approximate surface area is 132 Å². The standard InChI is InChI=1S/C18H25N3O/c1-3-12-19-18(20-13-11-17-10-7-14-22-17)21-15(2)16-8-5-4-6-9-16/h4-10,14-15H,3,11-13H2,1-2H3,(H2,19,20,21). The zero-order valence-electron chi connectivity index (χ0n) is 13.4. The lowest BCUT2D eigenvalue weighted by Gasteiger charge is -2.18. The van der Waals surface area contributed by atoms with Gasteiger partial charge in [-0.2, -0.15) is 0 Å². The van der Waals surface area contributed by atoms with Crippen LogP contribution in [0.4, 0.5) is 0 Å². The molecule has 0 aliphatic rings. The van der Waals surface area contributed by atoms with Gasteiger partial charge in [-0.1, -0.05) is 37.3 Å². The third-order valence-electron chi connectivity index (χ3n) is 3.39. The predicted molar refractivity (Wildman–Crippen MR) is 91.0 cm³/mol. The Morgan fingerprint density at radius 1 is 1.18 bits per heavy atom. The molecule has 4 nitrogen and oxygen atoms in total. The Bertz CT molecular complexity index is 549. The van der Waals surface area contributed by atoms with Crippen molar-refractivity contribution in [3.05, 3.63) is 60.1 Å². The molecule has 1 unspecified atom stereocenters. The first-order valence-electron chi connectivity index (χ1n) is 7.91. The highest BCUT2D eigenvalue weighted by Crippen LogP contribution is 2.10. The van der Waals surface area contributed by atoms with Crippen LogP contribution in [0.3, 0.4) is 0 Å². The van der Waals surface area contributed by atoms with Gasteiger partial charge in [-0.25, -0.2) is 0 Å². The number of rotatable bonds is 7. The van der Waals surface area contributed by atoms with Crippen molar-refractivity contribution in [1.82, 2.24) is 10.6 Å². The third-order valence-corrected chi connectivity index (χ3v) is 3.39. The molecule has 1 atom stereocenters. The summed E-state index contributed by atoms with van der Waals surface area (Å²) in [5.41, 5.74) is 1.25. The van der Waals surface area contributed by atoms with Crippen molar-refractivity contribution < 1.29 is 4.42 Å². The van der Waals surface area contributed by atoms with E-state index >= 15 is 0 Å². The fraction of sp³-hybridized carbons (Fsp3) is 0.389. The third kappa shape index (κ3) is 5.28. The molecule has 0 saturated carbocycles. The Morgan fingerprint density at radius 2 is 2.00 bits per heavy atom. The van der Waals surface area contributed by atoms with Gasteiger partial charge in [0, 0.05) is 19.5 Å². The molecule has 1 heterocycles. The van der Waals surface area contributed by atoms with Crippen LogP contribution in [0.1, 0.15) is 37.6 Å². The van der Waals surface area contributed by atoms with Crippen LogP contribution in [0.15, 0.2) is 58.1 Å². The molecule has 0 spiro atoms. The molecule has 0 aliphatic heterocycles. The molecule has 2 N–H and O–H groups in total. The summed E-state index contributed by atoms with van der Waals surface area (Å²) in [4.78, 5) is 4.59. The number of benzene rings is 1. The molecule has 0 saturated heterocycles. The number of aliphatic imine (C=N–C) groups is 1. The maximum absolute atomic E-state index is 5.35. The minimum absolute atomic E-state index is 0.216. The molecule has 22 heavy (non-hydrogen) atoms. The number of furan rings is 1. The van der Waals surface area contributed by atoms with Gasteiger partial charge in [0.25, 0.3) is 0 Å². The molecule has 0 aliphatic carbocycles. The predicted octanol–water partition coefficient (Wildman–Crippen LogP) is 3.53. The Kier molecular flexibility index (Phi) is 6.55. The van der Waals surface area contributed by atoms with Crippen LogP contribution in [0.25, 0.3) is 0 Å². The smallest absolute Gasteiger partial charge is 0.191 e. The van der Waals surface area contributed by atoms with Crippen LogP contribution < -0.4 is 10.6 Å². The average Bonchev–Trinajstić information content (AvgIpc) is 3.06. The van der Waals surface area contributed by atoms with E-state index in [1.807, 2.05) is 18.2 Å².